The molecule has 5 heteroatoms. The third kappa shape index (κ3) is 3.09. The van der Waals surface area contributed by atoms with Crippen molar-refractivity contribution in [3.8, 4) is 0 Å². The van der Waals surface area contributed by atoms with Gasteiger partial charge in [-0.25, -0.2) is 0 Å². The van der Waals surface area contributed by atoms with Gasteiger partial charge in [0, 0.05) is 54.8 Å². The number of esters is 1. The molecular weight excluding hydrogens is 426 g/mol. The van der Waals surface area contributed by atoms with E-state index in [4.69, 9.17) is 9.47 Å². The zero-order valence-electron chi connectivity index (χ0n) is 19.8. The van der Waals surface area contributed by atoms with Gasteiger partial charge in [0.1, 0.15) is 17.5 Å². The van der Waals surface area contributed by atoms with E-state index in [1.165, 1.54) is 6.92 Å². The van der Waals surface area contributed by atoms with E-state index in [0.717, 1.165) is 46.1 Å². The molecule has 2 heterocycles. The molecule has 1 saturated carbocycles. The van der Waals surface area contributed by atoms with Crippen LogP contribution in [0.5, 0.6) is 0 Å². The number of aromatic nitrogens is 1. The van der Waals surface area contributed by atoms with E-state index in [-0.39, 0.29) is 35.1 Å². The number of ether oxygens (including phenoxy) is 2. The quantitative estimate of drug-likeness (QED) is 0.554. The van der Waals surface area contributed by atoms with E-state index in [1.807, 2.05) is 18.3 Å². The summed E-state index contributed by atoms with van der Waals surface area (Å²) in [5.74, 6) is 0.799. The second-order valence-electron chi connectivity index (χ2n) is 10.6. The molecule has 5 atom stereocenters. The van der Waals surface area contributed by atoms with Crippen LogP contribution in [-0.2, 0) is 19.1 Å². The van der Waals surface area contributed by atoms with Crippen LogP contribution in [0, 0.1) is 11.3 Å². The number of benzene rings is 1. The van der Waals surface area contributed by atoms with Gasteiger partial charge in [0.15, 0.2) is 5.78 Å². The molecule has 0 N–H and O–H groups in total. The van der Waals surface area contributed by atoms with Crippen LogP contribution in [-0.4, -0.2) is 28.4 Å². The van der Waals surface area contributed by atoms with Crippen molar-refractivity contribution >= 4 is 22.5 Å². The number of hydrogen-bond donors (Lipinski definition) is 0. The Morgan fingerprint density at radius 2 is 2.03 bits per heavy atom. The summed E-state index contributed by atoms with van der Waals surface area (Å²) in [5.41, 5.74) is 1.96. The highest BCUT2D eigenvalue weighted by atomic mass is 16.6. The number of pyridine rings is 1. The Hall–Kier alpha value is -3.21. The minimum Gasteiger partial charge on any atom is -0.489 e. The van der Waals surface area contributed by atoms with Crippen molar-refractivity contribution in [3.63, 3.8) is 0 Å². The first-order chi connectivity index (χ1) is 16.3. The van der Waals surface area contributed by atoms with Crippen molar-refractivity contribution in [2.24, 2.45) is 11.3 Å². The first-order valence-corrected chi connectivity index (χ1v) is 12.2. The van der Waals surface area contributed by atoms with Crippen molar-refractivity contribution in [2.45, 2.75) is 64.1 Å². The Balaban J connectivity index is 1.47. The minimum absolute atomic E-state index is 0.0452. The second kappa shape index (κ2) is 7.39. The van der Waals surface area contributed by atoms with Crippen molar-refractivity contribution in [3.05, 3.63) is 77.4 Å². The number of carbonyl (C=O) groups is 2. The number of ketones is 1. The van der Waals surface area contributed by atoms with Crippen molar-refractivity contribution in [2.75, 3.05) is 0 Å². The van der Waals surface area contributed by atoms with Crippen LogP contribution >= 0.6 is 0 Å². The summed E-state index contributed by atoms with van der Waals surface area (Å²) in [6.45, 7) is 5.82. The standard InChI is InChI=1S/C29H29NO4/c1-17(31)34-29(3)15-23-26-19(14-22-24(32)5-4-6-25(22)33-26)9-11-28(23,2)27(29)20-7-8-21-16-30-12-10-18(21)13-20/h7-14,16,23,26-27H,4-6,15H2,1-3H3/t23-,26+,27+,28-,29?/m0/s1. The highest BCUT2D eigenvalue weighted by molar-refractivity contribution is 5.99. The summed E-state index contributed by atoms with van der Waals surface area (Å²) in [6, 6.07) is 8.47. The van der Waals surface area contributed by atoms with Crippen molar-refractivity contribution < 1.29 is 19.1 Å². The monoisotopic (exact) mass is 455 g/mol. The normalized spacial score (nSPS) is 34.1. The Kier molecular flexibility index (Phi) is 4.64. The number of allylic oxidation sites excluding steroid dienone is 4. The first kappa shape index (κ1) is 21.3. The molecule has 0 saturated heterocycles. The third-order valence-electron chi connectivity index (χ3n) is 8.35. The number of carbonyl (C=O) groups excluding carboxylic acids is 2. The average molecular weight is 456 g/mol. The van der Waals surface area contributed by atoms with Crippen LogP contribution in [0.15, 0.2) is 71.8 Å². The number of fused-ring (bicyclic) bond motifs is 4. The van der Waals surface area contributed by atoms with E-state index >= 15 is 0 Å². The third-order valence-corrected chi connectivity index (χ3v) is 8.35. The minimum atomic E-state index is -0.688. The van der Waals surface area contributed by atoms with E-state index < -0.39 is 5.60 Å². The van der Waals surface area contributed by atoms with Crippen LogP contribution in [0.25, 0.3) is 10.8 Å². The number of Topliss-reactive ketones (excluding diaryl/α,β-unsaturated/α-hetero) is 1. The molecule has 1 fully saturated rings. The molecule has 1 aromatic carbocycles. The molecule has 0 bridgehead atoms. The summed E-state index contributed by atoms with van der Waals surface area (Å²) in [6.07, 6.45) is 12.9. The Labute approximate surface area is 199 Å². The van der Waals surface area contributed by atoms with Crippen LogP contribution < -0.4 is 0 Å². The number of rotatable bonds is 2. The van der Waals surface area contributed by atoms with Gasteiger partial charge in [-0.05, 0) is 48.4 Å². The summed E-state index contributed by atoms with van der Waals surface area (Å²) in [5, 5.41) is 2.20. The molecule has 1 aromatic heterocycles. The van der Waals surface area contributed by atoms with Gasteiger partial charge in [-0.3, -0.25) is 14.6 Å². The number of nitrogens with zero attached hydrogens (tertiary/aromatic N) is 1. The van der Waals surface area contributed by atoms with Gasteiger partial charge in [0.05, 0.1) is 5.57 Å². The van der Waals surface area contributed by atoms with Gasteiger partial charge < -0.3 is 9.47 Å². The molecule has 0 amide bonds. The van der Waals surface area contributed by atoms with Crippen molar-refractivity contribution in [1.82, 2.24) is 4.98 Å². The SMILES string of the molecule is CC(=O)OC1(C)C[C@H]2[C@@H]3OC4=C(C=C3C=C[C@]2(C)[C@H]1c1ccc2cnccc2c1)C(=O)CCC4. The Morgan fingerprint density at radius 3 is 2.85 bits per heavy atom. The lowest BCUT2D eigenvalue weighted by atomic mass is 9.63. The van der Waals surface area contributed by atoms with Crippen LogP contribution in [0.2, 0.25) is 0 Å². The Morgan fingerprint density at radius 1 is 1.18 bits per heavy atom. The van der Waals surface area contributed by atoms with E-state index in [1.54, 1.807) is 6.20 Å². The van der Waals surface area contributed by atoms with Crippen LogP contribution in [0.3, 0.4) is 0 Å². The molecule has 174 valence electrons. The smallest absolute Gasteiger partial charge is 0.303 e. The maximum absolute atomic E-state index is 12.5. The van der Waals surface area contributed by atoms with Crippen LogP contribution in [0.1, 0.15) is 57.9 Å². The van der Waals surface area contributed by atoms with Crippen molar-refractivity contribution in [1.29, 1.82) is 0 Å². The molecule has 1 aliphatic heterocycles. The van der Waals surface area contributed by atoms with Gasteiger partial charge in [0.25, 0.3) is 0 Å². The van der Waals surface area contributed by atoms with Gasteiger partial charge in [-0.2, -0.15) is 0 Å². The lowest BCUT2D eigenvalue weighted by Gasteiger charge is -2.44. The second-order valence-corrected chi connectivity index (χ2v) is 10.6. The zero-order valence-corrected chi connectivity index (χ0v) is 19.8. The van der Waals surface area contributed by atoms with E-state index in [9.17, 15) is 9.59 Å². The summed E-state index contributed by atoms with van der Waals surface area (Å²) >= 11 is 0. The largest absolute Gasteiger partial charge is 0.489 e. The highest BCUT2D eigenvalue weighted by Crippen LogP contribution is 2.64. The topological polar surface area (TPSA) is 65.5 Å². The first-order valence-electron chi connectivity index (χ1n) is 12.2. The predicted octanol–water partition coefficient (Wildman–Crippen LogP) is 5.57. The van der Waals surface area contributed by atoms with Gasteiger partial charge in [-0.1, -0.05) is 37.3 Å². The highest BCUT2D eigenvalue weighted by Gasteiger charge is 2.63. The maximum atomic E-state index is 12.5. The summed E-state index contributed by atoms with van der Waals surface area (Å²) in [7, 11) is 0. The zero-order chi connectivity index (χ0) is 23.7. The summed E-state index contributed by atoms with van der Waals surface area (Å²) in [4.78, 5) is 29.0. The molecular formula is C29H29NO4. The predicted molar refractivity (Wildman–Crippen MR) is 129 cm³/mol. The van der Waals surface area contributed by atoms with E-state index in [0.29, 0.717) is 12.8 Å². The molecule has 34 heavy (non-hydrogen) atoms. The molecule has 0 radical (unpaired) electrons. The molecule has 1 unspecified atom stereocenters. The molecule has 6 rings (SSSR count). The van der Waals surface area contributed by atoms with Gasteiger partial charge in [0.2, 0.25) is 0 Å². The van der Waals surface area contributed by atoms with Gasteiger partial charge >= 0.3 is 5.97 Å². The molecule has 5 nitrogen and oxygen atoms in total. The number of hydrogen-bond acceptors (Lipinski definition) is 5. The fraction of sp³-hybridized carbons (Fsp3) is 0.414. The molecule has 0 spiro atoms. The van der Waals surface area contributed by atoms with E-state index in [2.05, 4.69) is 49.2 Å². The average Bonchev–Trinajstić information content (AvgIpc) is 3.04. The lowest BCUT2D eigenvalue weighted by Crippen LogP contribution is -2.41. The fourth-order valence-corrected chi connectivity index (χ4v) is 7.04. The summed E-state index contributed by atoms with van der Waals surface area (Å²) < 4.78 is 12.7. The molecule has 2 aromatic rings. The Bertz CT molecular complexity index is 1320. The maximum Gasteiger partial charge on any atom is 0.303 e. The van der Waals surface area contributed by atoms with Gasteiger partial charge in [-0.15, -0.1) is 0 Å². The molecule has 3 aliphatic carbocycles. The fourth-order valence-electron chi connectivity index (χ4n) is 7.04. The lowest BCUT2D eigenvalue weighted by molar-refractivity contribution is -0.157. The molecule has 4 aliphatic rings. The van der Waals surface area contributed by atoms with Crippen LogP contribution in [0.4, 0.5) is 0 Å².